The Morgan fingerprint density at radius 3 is 1.71 bits per heavy atom. The molecule has 0 aromatic heterocycles. The van der Waals surface area contributed by atoms with Crippen LogP contribution in [0.5, 0.6) is 0 Å². The number of hydrogen-bond donors (Lipinski definition) is 0. The van der Waals surface area contributed by atoms with E-state index >= 15 is 0 Å². The van der Waals surface area contributed by atoms with Gasteiger partial charge in [-0.2, -0.15) is 0 Å². The molecular formula is C36H52N2. The standard InChI is InChI=1S/C36H52N2/c1-4-7-10-12-14-16-18-22-32-24-20-27-34(29-32)37-31-36(26-9-6-3)38-35-28-21-25-33(30-35)23-19-17-15-13-11-8-5-2/h18-25,27-31H,4-17,26H2,1-3H3. The first kappa shape index (κ1) is 31.5. The Morgan fingerprint density at radius 1 is 0.605 bits per heavy atom. The molecule has 0 aliphatic rings. The summed E-state index contributed by atoms with van der Waals surface area (Å²) in [7, 11) is 0. The lowest BCUT2D eigenvalue weighted by Crippen LogP contribution is -1.99. The summed E-state index contributed by atoms with van der Waals surface area (Å²) in [6.45, 7) is 6.76. The maximum absolute atomic E-state index is 4.98. The first-order valence-electron chi connectivity index (χ1n) is 15.4. The second kappa shape index (κ2) is 21.2. The molecule has 0 saturated carbocycles. The Morgan fingerprint density at radius 2 is 1.13 bits per heavy atom. The zero-order valence-corrected chi connectivity index (χ0v) is 24.5. The third-order valence-corrected chi connectivity index (χ3v) is 6.73. The van der Waals surface area contributed by atoms with Gasteiger partial charge in [0.2, 0.25) is 0 Å². The van der Waals surface area contributed by atoms with Gasteiger partial charge in [-0.1, -0.05) is 127 Å². The zero-order valence-electron chi connectivity index (χ0n) is 24.5. The van der Waals surface area contributed by atoms with E-state index in [1.165, 1.54) is 75.3 Å². The van der Waals surface area contributed by atoms with E-state index in [9.17, 15) is 0 Å². The van der Waals surface area contributed by atoms with E-state index in [2.05, 4.69) is 93.6 Å². The monoisotopic (exact) mass is 512 g/mol. The number of benzene rings is 2. The number of allylic oxidation sites excluding steroid dienone is 2. The number of hydrogen-bond acceptors (Lipinski definition) is 2. The van der Waals surface area contributed by atoms with Gasteiger partial charge in [0.1, 0.15) is 0 Å². The van der Waals surface area contributed by atoms with Crippen molar-refractivity contribution in [2.75, 3.05) is 0 Å². The van der Waals surface area contributed by atoms with Gasteiger partial charge < -0.3 is 0 Å². The summed E-state index contributed by atoms with van der Waals surface area (Å²) in [5.74, 6) is 0. The Bertz CT molecular complexity index is 996. The molecule has 2 aromatic rings. The van der Waals surface area contributed by atoms with Gasteiger partial charge in [0.25, 0.3) is 0 Å². The third kappa shape index (κ3) is 14.9. The Labute approximate surface area is 234 Å². The van der Waals surface area contributed by atoms with Crippen molar-refractivity contribution in [3.05, 3.63) is 71.8 Å². The summed E-state index contributed by atoms with van der Waals surface area (Å²) in [6.07, 6.45) is 29.8. The van der Waals surface area contributed by atoms with Crippen molar-refractivity contribution in [1.29, 1.82) is 0 Å². The Kier molecular flexibility index (Phi) is 17.6. The van der Waals surface area contributed by atoms with Crippen LogP contribution >= 0.6 is 0 Å². The minimum atomic E-state index is 0.940. The normalized spacial score (nSPS) is 12.4. The zero-order chi connectivity index (χ0) is 27.1. The lowest BCUT2D eigenvalue weighted by Gasteiger charge is -2.03. The molecule has 0 heterocycles. The van der Waals surface area contributed by atoms with Gasteiger partial charge in [-0.25, -0.2) is 0 Å². The van der Waals surface area contributed by atoms with E-state index < -0.39 is 0 Å². The lowest BCUT2D eigenvalue weighted by atomic mass is 10.1. The van der Waals surface area contributed by atoms with E-state index in [-0.39, 0.29) is 0 Å². The van der Waals surface area contributed by atoms with Crippen molar-refractivity contribution < 1.29 is 0 Å². The van der Waals surface area contributed by atoms with Crippen LogP contribution < -0.4 is 0 Å². The molecule has 0 bridgehead atoms. The van der Waals surface area contributed by atoms with Crippen molar-refractivity contribution in [2.24, 2.45) is 9.98 Å². The molecule has 0 spiro atoms. The summed E-state index contributed by atoms with van der Waals surface area (Å²) in [5.41, 5.74) is 5.46. The number of unbranched alkanes of at least 4 members (excludes halogenated alkanes) is 11. The van der Waals surface area contributed by atoms with E-state index in [4.69, 9.17) is 9.98 Å². The molecule has 206 valence electrons. The van der Waals surface area contributed by atoms with Gasteiger partial charge in [-0.3, -0.25) is 9.98 Å². The molecule has 0 atom stereocenters. The maximum Gasteiger partial charge on any atom is 0.0639 e. The van der Waals surface area contributed by atoms with Crippen molar-refractivity contribution in [3.8, 4) is 0 Å². The highest BCUT2D eigenvalue weighted by molar-refractivity contribution is 6.31. The predicted molar refractivity (Wildman–Crippen MR) is 172 cm³/mol. The SMILES string of the molecule is CCCCCCCC=Cc1cccc(N=CC(CCCC)=Nc2cccc(C=CCCCCCCC)c2)c1. The topological polar surface area (TPSA) is 24.7 Å². The minimum absolute atomic E-state index is 0.940. The maximum atomic E-state index is 4.98. The fourth-order valence-corrected chi connectivity index (χ4v) is 4.40. The molecule has 0 aliphatic carbocycles. The fraction of sp³-hybridized carbons (Fsp3) is 0.500. The predicted octanol–water partition coefficient (Wildman–Crippen LogP) is 12.1. The van der Waals surface area contributed by atoms with Gasteiger partial charge in [-0.05, 0) is 73.9 Å². The van der Waals surface area contributed by atoms with Crippen molar-refractivity contribution in [2.45, 2.75) is 117 Å². The molecule has 38 heavy (non-hydrogen) atoms. The molecule has 0 amide bonds. The highest BCUT2D eigenvalue weighted by Crippen LogP contribution is 2.19. The molecule has 2 nitrogen and oxygen atoms in total. The second-order valence-corrected chi connectivity index (χ2v) is 10.4. The van der Waals surface area contributed by atoms with Crippen LogP contribution in [-0.4, -0.2) is 11.9 Å². The highest BCUT2D eigenvalue weighted by atomic mass is 14.8. The average Bonchev–Trinajstić information content (AvgIpc) is 2.94. The van der Waals surface area contributed by atoms with Crippen molar-refractivity contribution >= 4 is 35.5 Å². The Hall–Kier alpha value is -2.74. The molecular weight excluding hydrogens is 460 g/mol. The molecule has 0 fully saturated rings. The van der Waals surface area contributed by atoms with E-state index in [0.29, 0.717) is 0 Å². The molecule has 0 radical (unpaired) electrons. The average molecular weight is 513 g/mol. The number of aliphatic imine (C=N–C) groups is 2. The van der Waals surface area contributed by atoms with Crippen LogP contribution in [0.4, 0.5) is 11.4 Å². The van der Waals surface area contributed by atoms with Gasteiger partial charge in [-0.15, -0.1) is 0 Å². The molecule has 0 N–H and O–H groups in total. The van der Waals surface area contributed by atoms with Gasteiger partial charge in [0.15, 0.2) is 0 Å². The molecule has 0 aliphatic heterocycles. The summed E-state index contributed by atoms with van der Waals surface area (Å²) in [5, 5.41) is 0. The highest BCUT2D eigenvalue weighted by Gasteiger charge is 2.00. The molecule has 0 saturated heterocycles. The van der Waals surface area contributed by atoms with Crippen LogP contribution in [0, 0.1) is 0 Å². The van der Waals surface area contributed by atoms with Crippen LogP contribution in [0.25, 0.3) is 12.2 Å². The van der Waals surface area contributed by atoms with Crippen LogP contribution in [0.15, 0.2) is 70.7 Å². The summed E-state index contributed by atoms with van der Waals surface area (Å²) >= 11 is 0. The van der Waals surface area contributed by atoms with E-state index in [0.717, 1.165) is 49.2 Å². The van der Waals surface area contributed by atoms with Crippen LogP contribution in [0.2, 0.25) is 0 Å². The van der Waals surface area contributed by atoms with Gasteiger partial charge in [0.05, 0.1) is 17.1 Å². The molecule has 0 unspecified atom stereocenters. The molecule has 2 rings (SSSR count). The van der Waals surface area contributed by atoms with Crippen molar-refractivity contribution in [1.82, 2.24) is 0 Å². The van der Waals surface area contributed by atoms with Gasteiger partial charge >= 0.3 is 0 Å². The Balaban J connectivity index is 1.99. The first-order valence-corrected chi connectivity index (χ1v) is 15.4. The smallest absolute Gasteiger partial charge is 0.0639 e. The van der Waals surface area contributed by atoms with Crippen LogP contribution in [0.3, 0.4) is 0 Å². The minimum Gasteiger partial charge on any atom is -0.255 e. The summed E-state index contributed by atoms with van der Waals surface area (Å²) in [6, 6.07) is 17.0. The first-order chi connectivity index (χ1) is 18.7. The second-order valence-electron chi connectivity index (χ2n) is 10.4. The van der Waals surface area contributed by atoms with Gasteiger partial charge in [0, 0.05) is 6.21 Å². The number of nitrogens with zero attached hydrogens (tertiary/aromatic N) is 2. The molecule has 2 aromatic carbocycles. The largest absolute Gasteiger partial charge is 0.255 e. The summed E-state index contributed by atoms with van der Waals surface area (Å²) in [4.78, 5) is 9.79. The fourth-order valence-electron chi connectivity index (χ4n) is 4.40. The quantitative estimate of drug-likeness (QED) is 0.124. The molecule has 2 heteroatoms. The summed E-state index contributed by atoms with van der Waals surface area (Å²) < 4.78 is 0. The van der Waals surface area contributed by atoms with Crippen LogP contribution in [0.1, 0.15) is 128 Å². The lowest BCUT2D eigenvalue weighted by molar-refractivity contribution is 0.638. The third-order valence-electron chi connectivity index (χ3n) is 6.73. The van der Waals surface area contributed by atoms with E-state index in [1.807, 2.05) is 6.21 Å². The number of rotatable bonds is 20. The van der Waals surface area contributed by atoms with E-state index in [1.54, 1.807) is 0 Å². The van der Waals surface area contributed by atoms with Crippen molar-refractivity contribution in [3.63, 3.8) is 0 Å². The van der Waals surface area contributed by atoms with Crippen LogP contribution in [-0.2, 0) is 0 Å².